The molecule has 16 heavy (non-hydrogen) atoms. The highest BCUT2D eigenvalue weighted by atomic mass is 16.2. The normalized spacial score (nSPS) is 13.8. The lowest BCUT2D eigenvalue weighted by atomic mass is 10.1. The molecule has 0 aromatic rings. The van der Waals surface area contributed by atoms with Crippen molar-refractivity contribution in [2.24, 2.45) is 0 Å². The molecule has 1 aliphatic heterocycles. The number of hydrogen-bond donors (Lipinski definition) is 0. The molecule has 0 aromatic carbocycles. The van der Waals surface area contributed by atoms with Gasteiger partial charge in [0.1, 0.15) is 0 Å². The number of rotatable bonds is 6. The van der Waals surface area contributed by atoms with E-state index in [0.29, 0.717) is 5.91 Å². The average molecular weight is 235 g/mol. The van der Waals surface area contributed by atoms with Crippen LogP contribution in [0.3, 0.4) is 0 Å². The van der Waals surface area contributed by atoms with E-state index >= 15 is 0 Å². The van der Waals surface area contributed by atoms with E-state index < -0.39 is 0 Å². The molecular weight excluding hydrogens is 206 g/mol. The third kappa shape index (κ3) is 7.65. The van der Waals surface area contributed by atoms with Gasteiger partial charge in [-0.25, -0.2) is 0 Å². The summed E-state index contributed by atoms with van der Waals surface area (Å²) in [5, 5.41) is 0. The Morgan fingerprint density at radius 1 is 1.12 bits per heavy atom. The molecule has 1 amide bonds. The smallest absolute Gasteiger partial charge is 0.222 e. The highest BCUT2D eigenvalue weighted by Crippen LogP contribution is 2.11. The van der Waals surface area contributed by atoms with Crippen LogP contribution < -0.4 is 0 Å². The number of carbonyl (C=O) groups is 1. The van der Waals surface area contributed by atoms with Gasteiger partial charge in [-0.1, -0.05) is 40.0 Å². The summed E-state index contributed by atoms with van der Waals surface area (Å²) in [5.41, 5.74) is 0. The van der Waals surface area contributed by atoms with Crippen LogP contribution in [0.5, 0.6) is 0 Å². The van der Waals surface area contributed by atoms with Crippen LogP contribution in [0.1, 0.15) is 59.3 Å². The Morgan fingerprint density at radius 3 is 2.25 bits per heavy atom. The summed E-state index contributed by atoms with van der Waals surface area (Å²) >= 11 is 0. The molecule has 0 aliphatic carbocycles. The van der Waals surface area contributed by atoms with E-state index in [9.17, 15) is 4.79 Å². The molecule has 0 bridgehead atoms. The summed E-state index contributed by atoms with van der Waals surface area (Å²) in [5.74, 6) is 0.371. The summed E-state index contributed by atoms with van der Waals surface area (Å²) in [6.07, 6.45) is 8.32. The first kappa shape index (κ1) is 20.8. The van der Waals surface area contributed by atoms with Gasteiger partial charge in [-0.2, -0.15) is 0 Å². The Balaban J connectivity index is -0.000000563. The SMILES string of the molecule is C.CCCCCCCN1CCCC1=O.O.O. The first-order valence-electron chi connectivity index (χ1n) is 5.62. The van der Waals surface area contributed by atoms with Crippen LogP contribution in [0.25, 0.3) is 0 Å². The number of nitrogens with zero attached hydrogens (tertiary/aromatic N) is 1. The van der Waals surface area contributed by atoms with Crippen molar-refractivity contribution >= 4 is 5.91 Å². The van der Waals surface area contributed by atoms with Crippen LogP contribution in [-0.4, -0.2) is 34.8 Å². The highest BCUT2D eigenvalue weighted by Gasteiger charge is 2.18. The van der Waals surface area contributed by atoms with E-state index in [1.165, 1.54) is 32.1 Å². The molecular formula is C12H29NO3. The number of amides is 1. The lowest BCUT2D eigenvalue weighted by Crippen LogP contribution is -2.25. The Labute approximate surface area is 99.6 Å². The zero-order chi connectivity index (χ0) is 9.52. The fraction of sp³-hybridized carbons (Fsp3) is 0.917. The van der Waals surface area contributed by atoms with Gasteiger partial charge in [0.15, 0.2) is 0 Å². The van der Waals surface area contributed by atoms with Crippen molar-refractivity contribution in [3.05, 3.63) is 0 Å². The van der Waals surface area contributed by atoms with E-state index in [1.807, 2.05) is 4.90 Å². The van der Waals surface area contributed by atoms with Crippen LogP contribution in [0.4, 0.5) is 0 Å². The van der Waals surface area contributed by atoms with Crippen molar-refractivity contribution in [3.8, 4) is 0 Å². The quantitative estimate of drug-likeness (QED) is 0.643. The fourth-order valence-corrected chi connectivity index (χ4v) is 1.85. The Morgan fingerprint density at radius 2 is 1.75 bits per heavy atom. The molecule has 0 atom stereocenters. The maximum Gasteiger partial charge on any atom is 0.222 e. The zero-order valence-electron chi connectivity index (χ0n) is 9.72. The van der Waals surface area contributed by atoms with Crippen LogP contribution >= 0.6 is 0 Å². The van der Waals surface area contributed by atoms with E-state index in [4.69, 9.17) is 0 Å². The second-order valence-electron chi connectivity index (χ2n) is 3.90. The molecule has 0 aromatic heterocycles. The number of carbonyl (C=O) groups excluding carboxylic acids is 1. The van der Waals surface area contributed by atoms with Crippen molar-refractivity contribution in [1.82, 2.24) is 4.90 Å². The Bertz CT molecular complexity index is 162. The summed E-state index contributed by atoms with van der Waals surface area (Å²) in [6, 6.07) is 0. The van der Waals surface area contributed by atoms with Gasteiger partial charge in [0.2, 0.25) is 5.91 Å². The molecule has 4 N–H and O–H groups in total. The minimum absolute atomic E-state index is 0. The lowest BCUT2D eigenvalue weighted by molar-refractivity contribution is -0.127. The Kier molecular flexibility index (Phi) is 16.2. The van der Waals surface area contributed by atoms with Gasteiger partial charge in [0.05, 0.1) is 0 Å². The molecule has 1 saturated heterocycles. The topological polar surface area (TPSA) is 83.3 Å². The first-order chi connectivity index (χ1) is 6.34. The van der Waals surface area contributed by atoms with Crippen LogP contribution in [0.2, 0.25) is 0 Å². The molecule has 0 spiro atoms. The molecule has 0 radical (unpaired) electrons. The molecule has 1 heterocycles. The summed E-state index contributed by atoms with van der Waals surface area (Å²) < 4.78 is 0. The second kappa shape index (κ2) is 12.5. The monoisotopic (exact) mass is 235 g/mol. The predicted octanol–water partition coefficient (Wildman–Crippen LogP) is 1.57. The molecule has 4 nitrogen and oxygen atoms in total. The van der Waals surface area contributed by atoms with Gasteiger partial charge in [-0.15, -0.1) is 0 Å². The molecule has 1 rings (SSSR count). The zero-order valence-corrected chi connectivity index (χ0v) is 9.72. The lowest BCUT2D eigenvalue weighted by Gasteiger charge is -2.14. The van der Waals surface area contributed by atoms with E-state index in [0.717, 1.165) is 25.9 Å². The van der Waals surface area contributed by atoms with E-state index in [2.05, 4.69) is 6.92 Å². The van der Waals surface area contributed by atoms with Crippen LogP contribution in [0, 0.1) is 0 Å². The van der Waals surface area contributed by atoms with Crippen molar-refractivity contribution in [3.63, 3.8) is 0 Å². The third-order valence-electron chi connectivity index (χ3n) is 2.70. The second-order valence-corrected chi connectivity index (χ2v) is 3.90. The Hall–Kier alpha value is -0.610. The van der Waals surface area contributed by atoms with Crippen molar-refractivity contribution in [1.29, 1.82) is 0 Å². The fourth-order valence-electron chi connectivity index (χ4n) is 1.85. The maximum absolute atomic E-state index is 11.2. The third-order valence-corrected chi connectivity index (χ3v) is 2.70. The largest absolute Gasteiger partial charge is 0.412 e. The molecule has 1 aliphatic rings. The van der Waals surface area contributed by atoms with Crippen LogP contribution in [0.15, 0.2) is 0 Å². The van der Waals surface area contributed by atoms with Gasteiger partial charge >= 0.3 is 0 Å². The molecule has 4 heteroatoms. The standard InChI is InChI=1S/C11H21NO.CH4.2H2O/c1-2-3-4-5-6-9-12-10-7-8-11(12)13;;;/h2-10H2,1H3;1H4;2*1H2. The summed E-state index contributed by atoms with van der Waals surface area (Å²) in [7, 11) is 0. The average Bonchev–Trinajstić information content (AvgIpc) is 2.52. The van der Waals surface area contributed by atoms with Gasteiger partial charge in [0, 0.05) is 19.5 Å². The maximum atomic E-state index is 11.2. The molecule has 1 fully saturated rings. The van der Waals surface area contributed by atoms with Gasteiger partial charge in [-0.3, -0.25) is 4.79 Å². The summed E-state index contributed by atoms with van der Waals surface area (Å²) in [4.78, 5) is 13.2. The molecule has 100 valence electrons. The summed E-state index contributed by atoms with van der Waals surface area (Å²) in [6.45, 7) is 4.24. The predicted molar refractivity (Wildman–Crippen MR) is 68.5 cm³/mol. The van der Waals surface area contributed by atoms with E-state index in [-0.39, 0.29) is 18.4 Å². The number of hydrogen-bond acceptors (Lipinski definition) is 1. The van der Waals surface area contributed by atoms with Crippen molar-refractivity contribution < 1.29 is 15.7 Å². The first-order valence-corrected chi connectivity index (χ1v) is 5.62. The minimum atomic E-state index is 0. The van der Waals surface area contributed by atoms with Gasteiger partial charge < -0.3 is 15.9 Å². The molecule has 0 saturated carbocycles. The van der Waals surface area contributed by atoms with Crippen molar-refractivity contribution in [2.45, 2.75) is 59.3 Å². The van der Waals surface area contributed by atoms with Gasteiger partial charge in [0.25, 0.3) is 0 Å². The number of unbranched alkanes of at least 4 members (excludes halogenated alkanes) is 4. The highest BCUT2D eigenvalue weighted by molar-refractivity contribution is 5.77. The van der Waals surface area contributed by atoms with Crippen LogP contribution in [-0.2, 0) is 4.79 Å². The van der Waals surface area contributed by atoms with E-state index in [1.54, 1.807) is 0 Å². The van der Waals surface area contributed by atoms with Gasteiger partial charge in [-0.05, 0) is 12.8 Å². The minimum Gasteiger partial charge on any atom is -0.412 e. The molecule has 0 unspecified atom stereocenters. The van der Waals surface area contributed by atoms with Crippen molar-refractivity contribution in [2.75, 3.05) is 13.1 Å². The number of likely N-dealkylation sites (tertiary alicyclic amines) is 1.